The fourth-order valence-corrected chi connectivity index (χ4v) is 1.66. The summed E-state index contributed by atoms with van der Waals surface area (Å²) in [6.45, 7) is 2.92. The molecule has 0 saturated carbocycles. The van der Waals surface area contributed by atoms with Gasteiger partial charge in [-0.1, -0.05) is 31.8 Å². The zero-order chi connectivity index (χ0) is 18.1. The van der Waals surface area contributed by atoms with Crippen LogP contribution in [0.5, 0.6) is 0 Å². The number of carbonyl (C=O) groups is 1. The first-order chi connectivity index (χ1) is 10.5. The Balaban J connectivity index is 4.08. The Bertz CT molecular complexity index is 378. The molecule has 0 aliphatic heterocycles. The highest BCUT2D eigenvalue weighted by Crippen LogP contribution is 2.46. The zero-order valence-electron chi connectivity index (χ0n) is 12.4. The molecule has 9 heteroatoms. The van der Waals surface area contributed by atoms with Crippen LogP contribution >= 0.6 is 0 Å². The SMILES string of the molecule is C=CCCCCCCCCOC(=O)C(F)(F)C(F)(F)C(F)(F)F. The van der Waals surface area contributed by atoms with E-state index in [0.29, 0.717) is 12.8 Å². The van der Waals surface area contributed by atoms with Crippen molar-refractivity contribution in [3.63, 3.8) is 0 Å². The summed E-state index contributed by atoms with van der Waals surface area (Å²) in [6.07, 6.45) is 0.160. The molecule has 23 heavy (non-hydrogen) atoms. The van der Waals surface area contributed by atoms with Crippen molar-refractivity contribution in [2.24, 2.45) is 0 Å². The highest BCUT2D eigenvalue weighted by atomic mass is 19.4. The molecule has 0 saturated heterocycles. The van der Waals surface area contributed by atoms with Gasteiger partial charge in [-0.05, 0) is 19.3 Å². The van der Waals surface area contributed by atoms with Crippen LogP contribution in [0.15, 0.2) is 12.7 Å². The third-order valence-corrected chi connectivity index (χ3v) is 3.04. The number of carbonyl (C=O) groups excluding carboxylic acids is 1. The average molecular weight is 352 g/mol. The number of hydrogen-bond donors (Lipinski definition) is 0. The van der Waals surface area contributed by atoms with Gasteiger partial charge in [-0.25, -0.2) is 4.79 Å². The van der Waals surface area contributed by atoms with Gasteiger partial charge in [-0.2, -0.15) is 30.7 Å². The smallest absolute Gasteiger partial charge is 0.460 e. The van der Waals surface area contributed by atoms with Crippen LogP contribution in [-0.4, -0.2) is 30.6 Å². The van der Waals surface area contributed by atoms with Crippen molar-refractivity contribution >= 4 is 5.97 Å². The van der Waals surface area contributed by atoms with Crippen LogP contribution in [0.25, 0.3) is 0 Å². The van der Waals surface area contributed by atoms with Crippen molar-refractivity contribution < 1.29 is 40.3 Å². The Kier molecular flexibility index (Phi) is 8.61. The molecule has 0 aliphatic carbocycles. The molecule has 0 aliphatic rings. The Morgan fingerprint density at radius 2 is 1.35 bits per heavy atom. The summed E-state index contributed by atoms with van der Waals surface area (Å²) in [4.78, 5) is 10.8. The summed E-state index contributed by atoms with van der Waals surface area (Å²) in [7, 11) is 0. The molecule has 136 valence electrons. The Labute approximate surface area is 129 Å². The molecule has 0 atom stereocenters. The molecule has 0 aromatic carbocycles. The van der Waals surface area contributed by atoms with E-state index in [-0.39, 0.29) is 6.42 Å². The lowest BCUT2D eigenvalue weighted by Gasteiger charge is -2.26. The maximum absolute atomic E-state index is 12.9. The van der Waals surface area contributed by atoms with Gasteiger partial charge in [-0.15, -0.1) is 6.58 Å². The number of hydrogen-bond acceptors (Lipinski definition) is 2. The lowest BCUT2D eigenvalue weighted by Crippen LogP contribution is -2.56. The summed E-state index contributed by atoms with van der Waals surface area (Å²) in [6, 6.07) is 0. The van der Waals surface area contributed by atoms with Gasteiger partial charge in [0.1, 0.15) is 0 Å². The van der Waals surface area contributed by atoms with Crippen LogP contribution in [0.1, 0.15) is 44.9 Å². The minimum Gasteiger partial charge on any atom is -0.461 e. The van der Waals surface area contributed by atoms with E-state index in [1.807, 2.05) is 0 Å². The van der Waals surface area contributed by atoms with Gasteiger partial charge in [0.05, 0.1) is 6.61 Å². The fraction of sp³-hybridized carbons (Fsp3) is 0.786. The Hall–Kier alpha value is -1.28. The molecule has 0 aromatic heterocycles. The van der Waals surface area contributed by atoms with Crippen molar-refractivity contribution in [3.8, 4) is 0 Å². The van der Waals surface area contributed by atoms with Gasteiger partial charge in [-0.3, -0.25) is 0 Å². The average Bonchev–Trinajstić information content (AvgIpc) is 2.43. The van der Waals surface area contributed by atoms with Gasteiger partial charge in [0.15, 0.2) is 0 Å². The molecule has 0 fully saturated rings. The second-order valence-corrected chi connectivity index (χ2v) is 4.98. The van der Waals surface area contributed by atoms with Crippen LogP contribution < -0.4 is 0 Å². The fourth-order valence-electron chi connectivity index (χ4n) is 1.66. The largest absolute Gasteiger partial charge is 0.461 e. The van der Waals surface area contributed by atoms with E-state index in [9.17, 15) is 35.5 Å². The lowest BCUT2D eigenvalue weighted by atomic mass is 10.1. The van der Waals surface area contributed by atoms with Crippen LogP contribution in [0, 0.1) is 0 Å². The van der Waals surface area contributed by atoms with Crippen molar-refractivity contribution in [1.82, 2.24) is 0 Å². The quantitative estimate of drug-likeness (QED) is 0.219. The number of alkyl halides is 7. The van der Waals surface area contributed by atoms with E-state index in [4.69, 9.17) is 0 Å². The van der Waals surface area contributed by atoms with E-state index in [0.717, 1.165) is 25.7 Å². The monoisotopic (exact) mass is 352 g/mol. The topological polar surface area (TPSA) is 26.3 Å². The van der Waals surface area contributed by atoms with Crippen molar-refractivity contribution in [1.29, 1.82) is 0 Å². The number of esters is 1. The van der Waals surface area contributed by atoms with E-state index in [2.05, 4.69) is 11.3 Å². The van der Waals surface area contributed by atoms with Crippen LogP contribution in [0.3, 0.4) is 0 Å². The first-order valence-corrected chi connectivity index (χ1v) is 7.09. The molecule has 0 bridgehead atoms. The summed E-state index contributed by atoms with van der Waals surface area (Å²) >= 11 is 0. The zero-order valence-corrected chi connectivity index (χ0v) is 12.4. The van der Waals surface area contributed by atoms with Gasteiger partial charge in [0.2, 0.25) is 0 Å². The van der Waals surface area contributed by atoms with Crippen molar-refractivity contribution in [3.05, 3.63) is 12.7 Å². The van der Waals surface area contributed by atoms with Gasteiger partial charge < -0.3 is 4.74 Å². The molecule has 0 rings (SSSR count). The van der Waals surface area contributed by atoms with Crippen molar-refractivity contribution in [2.45, 2.75) is 63.0 Å². The first-order valence-electron chi connectivity index (χ1n) is 7.09. The maximum Gasteiger partial charge on any atom is 0.460 e. The van der Waals surface area contributed by atoms with Gasteiger partial charge in [0.25, 0.3) is 0 Å². The molecular formula is C14H19F7O2. The van der Waals surface area contributed by atoms with E-state index >= 15 is 0 Å². The number of rotatable bonds is 11. The second kappa shape index (κ2) is 9.12. The van der Waals surface area contributed by atoms with E-state index < -0.39 is 30.6 Å². The molecule has 0 N–H and O–H groups in total. The number of allylic oxidation sites excluding steroid dienone is 1. The van der Waals surface area contributed by atoms with Crippen LogP contribution in [-0.2, 0) is 9.53 Å². The van der Waals surface area contributed by atoms with Crippen LogP contribution in [0.2, 0.25) is 0 Å². The summed E-state index contributed by atoms with van der Waals surface area (Å²) in [5.41, 5.74) is 0. The second-order valence-electron chi connectivity index (χ2n) is 4.98. The number of unbranched alkanes of at least 4 members (excludes halogenated alkanes) is 6. The highest BCUT2D eigenvalue weighted by Gasteiger charge is 2.77. The minimum atomic E-state index is -6.54. The molecule has 0 heterocycles. The minimum absolute atomic E-state index is 0.112. The van der Waals surface area contributed by atoms with E-state index in [1.54, 1.807) is 6.08 Å². The maximum atomic E-state index is 12.9. The lowest BCUT2D eigenvalue weighted by molar-refractivity contribution is -0.348. The molecule has 0 unspecified atom stereocenters. The summed E-state index contributed by atoms with van der Waals surface area (Å²) in [5, 5.41) is 0. The normalized spacial score (nSPS) is 13.0. The third kappa shape index (κ3) is 6.39. The summed E-state index contributed by atoms with van der Waals surface area (Å²) in [5.74, 6) is -15.3. The van der Waals surface area contributed by atoms with Gasteiger partial charge >= 0.3 is 24.0 Å². The third-order valence-electron chi connectivity index (χ3n) is 3.04. The molecule has 0 spiro atoms. The number of ether oxygens (including phenoxy) is 1. The Morgan fingerprint density at radius 3 is 1.83 bits per heavy atom. The highest BCUT2D eigenvalue weighted by molar-refractivity contribution is 5.79. The molecule has 0 radical (unpaired) electrons. The van der Waals surface area contributed by atoms with Gasteiger partial charge in [0, 0.05) is 0 Å². The summed E-state index contributed by atoms with van der Waals surface area (Å²) < 4.78 is 90.3. The van der Waals surface area contributed by atoms with Crippen LogP contribution in [0.4, 0.5) is 30.7 Å². The molecule has 0 aromatic rings. The first kappa shape index (κ1) is 21.7. The molecule has 0 amide bonds. The standard InChI is InChI=1S/C14H19F7O2/c1-2-3-4-5-6-7-8-9-10-23-11(22)12(15,16)13(17,18)14(19,20)21/h2H,1,3-10H2. The van der Waals surface area contributed by atoms with E-state index in [1.165, 1.54) is 0 Å². The molecule has 2 nitrogen and oxygen atoms in total. The number of halogens is 7. The molecular weight excluding hydrogens is 333 g/mol. The predicted molar refractivity (Wildman–Crippen MR) is 69.4 cm³/mol. The Morgan fingerprint density at radius 1 is 0.870 bits per heavy atom. The van der Waals surface area contributed by atoms with Crippen molar-refractivity contribution in [2.75, 3.05) is 6.61 Å². The predicted octanol–water partition coefficient (Wildman–Crippen LogP) is 5.28.